The lowest BCUT2D eigenvalue weighted by atomic mass is 10.1. The van der Waals surface area contributed by atoms with E-state index in [4.69, 9.17) is 11.6 Å². The Balaban J connectivity index is 2.00. The van der Waals surface area contributed by atoms with E-state index in [0.29, 0.717) is 33.5 Å². The highest BCUT2D eigenvalue weighted by atomic mass is 35.5. The molecule has 0 aliphatic heterocycles. The summed E-state index contributed by atoms with van der Waals surface area (Å²) in [7, 11) is 3.03. The van der Waals surface area contributed by atoms with Crippen molar-refractivity contribution in [3.63, 3.8) is 0 Å². The number of halogens is 1. The smallest absolute Gasteiger partial charge is 0.313 e. The van der Waals surface area contributed by atoms with Crippen LogP contribution in [0.25, 0.3) is 11.2 Å². The first-order valence-corrected chi connectivity index (χ1v) is 9.79. The monoisotopic (exact) mass is 406 g/mol. The highest BCUT2D eigenvalue weighted by Gasteiger charge is 2.19. The van der Waals surface area contributed by atoms with Gasteiger partial charge >= 0.3 is 5.69 Å². The largest absolute Gasteiger partial charge is 0.332 e. The SMILES string of the molecule is CCCn1c(SCC(=O)c2ccc(Cl)cc2)nc2c1c(=O)n(C)c(=O)n2C. The Labute approximate surface area is 164 Å². The van der Waals surface area contributed by atoms with Crippen molar-refractivity contribution in [1.29, 1.82) is 0 Å². The molecular weight excluding hydrogens is 388 g/mol. The van der Waals surface area contributed by atoms with Crippen molar-refractivity contribution in [2.24, 2.45) is 14.1 Å². The van der Waals surface area contributed by atoms with Crippen molar-refractivity contribution < 1.29 is 4.79 Å². The van der Waals surface area contributed by atoms with Crippen LogP contribution < -0.4 is 11.2 Å². The second-order valence-corrected chi connectivity index (χ2v) is 7.52. The van der Waals surface area contributed by atoms with Crippen LogP contribution in [0.5, 0.6) is 0 Å². The van der Waals surface area contributed by atoms with E-state index in [1.54, 1.807) is 35.9 Å². The molecule has 0 N–H and O–H groups in total. The molecule has 0 amide bonds. The summed E-state index contributed by atoms with van der Waals surface area (Å²) in [4.78, 5) is 41.7. The van der Waals surface area contributed by atoms with Gasteiger partial charge in [0, 0.05) is 31.2 Å². The molecule has 27 heavy (non-hydrogen) atoms. The van der Waals surface area contributed by atoms with E-state index >= 15 is 0 Å². The van der Waals surface area contributed by atoms with Gasteiger partial charge in [0.25, 0.3) is 5.56 Å². The van der Waals surface area contributed by atoms with Gasteiger partial charge in [0.1, 0.15) is 0 Å². The van der Waals surface area contributed by atoms with E-state index in [0.717, 1.165) is 11.0 Å². The number of benzene rings is 1. The fraction of sp³-hybridized carbons (Fsp3) is 0.333. The number of hydrogen-bond donors (Lipinski definition) is 0. The number of ketones is 1. The molecule has 2 heterocycles. The van der Waals surface area contributed by atoms with Gasteiger partial charge < -0.3 is 4.57 Å². The minimum absolute atomic E-state index is 0.0615. The highest BCUT2D eigenvalue weighted by Crippen LogP contribution is 2.23. The molecule has 9 heteroatoms. The fourth-order valence-electron chi connectivity index (χ4n) is 2.82. The maximum Gasteiger partial charge on any atom is 0.332 e. The van der Waals surface area contributed by atoms with E-state index in [2.05, 4.69) is 4.98 Å². The van der Waals surface area contributed by atoms with Crippen LogP contribution in [-0.2, 0) is 20.6 Å². The predicted octanol–water partition coefficient (Wildman–Crippen LogP) is 2.47. The minimum Gasteiger partial charge on any atom is -0.313 e. The summed E-state index contributed by atoms with van der Waals surface area (Å²) in [6, 6.07) is 6.70. The summed E-state index contributed by atoms with van der Waals surface area (Å²) >= 11 is 7.11. The maximum absolute atomic E-state index is 12.6. The van der Waals surface area contributed by atoms with Crippen molar-refractivity contribution in [2.75, 3.05) is 5.75 Å². The summed E-state index contributed by atoms with van der Waals surface area (Å²) in [5, 5.41) is 1.12. The zero-order chi connectivity index (χ0) is 19.7. The first kappa shape index (κ1) is 19.4. The second-order valence-electron chi connectivity index (χ2n) is 6.14. The predicted molar refractivity (Wildman–Crippen MR) is 107 cm³/mol. The Morgan fingerprint density at radius 2 is 1.81 bits per heavy atom. The van der Waals surface area contributed by atoms with E-state index in [-0.39, 0.29) is 17.1 Å². The van der Waals surface area contributed by atoms with Crippen LogP contribution in [0.2, 0.25) is 5.02 Å². The molecule has 1 aromatic carbocycles. The Kier molecular flexibility index (Phi) is 5.57. The molecule has 0 aliphatic carbocycles. The van der Waals surface area contributed by atoms with Crippen LogP contribution in [0.4, 0.5) is 0 Å². The average molecular weight is 407 g/mol. The summed E-state index contributed by atoms with van der Waals surface area (Å²) in [5.74, 6) is 0.108. The number of hydrogen-bond acceptors (Lipinski definition) is 5. The first-order valence-electron chi connectivity index (χ1n) is 8.43. The van der Waals surface area contributed by atoms with Crippen LogP contribution in [0.1, 0.15) is 23.7 Å². The van der Waals surface area contributed by atoms with Gasteiger partial charge in [0.2, 0.25) is 0 Å². The lowest BCUT2D eigenvalue weighted by Crippen LogP contribution is -2.37. The summed E-state index contributed by atoms with van der Waals surface area (Å²) in [5.41, 5.74) is 0.460. The van der Waals surface area contributed by atoms with Crippen molar-refractivity contribution in [1.82, 2.24) is 18.7 Å². The van der Waals surface area contributed by atoms with Gasteiger partial charge in [-0.2, -0.15) is 0 Å². The molecule has 3 aromatic rings. The third-order valence-electron chi connectivity index (χ3n) is 4.26. The molecule has 0 saturated heterocycles. The van der Waals surface area contributed by atoms with Gasteiger partial charge in [-0.05, 0) is 30.7 Å². The van der Waals surface area contributed by atoms with Gasteiger partial charge in [-0.25, -0.2) is 9.78 Å². The van der Waals surface area contributed by atoms with Crippen LogP contribution in [0.15, 0.2) is 39.0 Å². The molecule has 0 saturated carbocycles. The van der Waals surface area contributed by atoms with Gasteiger partial charge in [0.15, 0.2) is 22.1 Å². The molecule has 0 bridgehead atoms. The number of aryl methyl sites for hydroxylation is 2. The molecule has 3 rings (SSSR count). The number of fused-ring (bicyclic) bond motifs is 1. The summed E-state index contributed by atoms with van der Waals surface area (Å²) in [6.45, 7) is 2.56. The zero-order valence-corrected chi connectivity index (χ0v) is 16.8. The average Bonchev–Trinajstić information content (AvgIpc) is 3.02. The highest BCUT2D eigenvalue weighted by molar-refractivity contribution is 7.99. The number of aromatic nitrogens is 4. The quantitative estimate of drug-likeness (QED) is 0.464. The number of rotatable bonds is 6. The van der Waals surface area contributed by atoms with Crippen LogP contribution >= 0.6 is 23.4 Å². The number of nitrogens with zero attached hydrogens (tertiary/aromatic N) is 4. The Bertz CT molecular complexity index is 1130. The van der Waals surface area contributed by atoms with Crippen LogP contribution in [0.3, 0.4) is 0 Å². The van der Waals surface area contributed by atoms with Crippen molar-refractivity contribution in [3.8, 4) is 0 Å². The molecule has 0 fully saturated rings. The Hall–Kier alpha value is -2.32. The van der Waals surface area contributed by atoms with E-state index in [1.807, 2.05) is 6.92 Å². The fourth-order valence-corrected chi connectivity index (χ4v) is 3.86. The second kappa shape index (κ2) is 7.74. The zero-order valence-electron chi connectivity index (χ0n) is 15.2. The standard InChI is InChI=1S/C18H19ClN4O3S/c1-4-9-23-14-15(21(2)18(26)22(3)16(14)25)20-17(23)27-10-13(24)11-5-7-12(19)8-6-11/h5-8H,4,9-10H2,1-3H3. The summed E-state index contributed by atoms with van der Waals surface area (Å²) < 4.78 is 4.22. The minimum atomic E-state index is -0.428. The molecule has 2 aromatic heterocycles. The molecule has 7 nitrogen and oxygen atoms in total. The van der Waals surface area contributed by atoms with Gasteiger partial charge in [0.05, 0.1) is 5.75 Å². The number of imidazole rings is 1. The third kappa shape index (κ3) is 3.59. The van der Waals surface area contributed by atoms with E-state index in [1.165, 1.54) is 23.4 Å². The Morgan fingerprint density at radius 3 is 2.44 bits per heavy atom. The van der Waals surface area contributed by atoms with Crippen molar-refractivity contribution in [3.05, 3.63) is 55.7 Å². The molecule has 0 unspecified atom stereocenters. The number of Topliss-reactive ketones (excluding diaryl/α,β-unsaturated/α-hetero) is 1. The maximum atomic E-state index is 12.6. The van der Waals surface area contributed by atoms with Crippen LogP contribution in [0, 0.1) is 0 Å². The molecular formula is C18H19ClN4O3S. The van der Waals surface area contributed by atoms with Gasteiger partial charge in [-0.3, -0.25) is 18.7 Å². The molecule has 0 atom stereocenters. The lowest BCUT2D eigenvalue weighted by molar-refractivity contribution is 0.102. The topological polar surface area (TPSA) is 78.9 Å². The van der Waals surface area contributed by atoms with Gasteiger partial charge in [-0.15, -0.1) is 0 Å². The first-order chi connectivity index (χ1) is 12.8. The molecule has 0 aliphatic rings. The van der Waals surface area contributed by atoms with E-state index < -0.39 is 5.69 Å². The van der Waals surface area contributed by atoms with Crippen molar-refractivity contribution >= 4 is 40.3 Å². The number of carbonyl (C=O) groups excluding carboxylic acids is 1. The molecule has 142 valence electrons. The Morgan fingerprint density at radius 1 is 1.15 bits per heavy atom. The van der Waals surface area contributed by atoms with Crippen molar-refractivity contribution in [2.45, 2.75) is 25.0 Å². The summed E-state index contributed by atoms with van der Waals surface area (Å²) in [6.07, 6.45) is 0.788. The molecule has 0 radical (unpaired) electrons. The normalized spacial score (nSPS) is 11.3. The van der Waals surface area contributed by atoms with E-state index in [9.17, 15) is 14.4 Å². The molecule has 0 spiro atoms. The number of carbonyl (C=O) groups is 1. The van der Waals surface area contributed by atoms with Crippen LogP contribution in [-0.4, -0.2) is 30.2 Å². The third-order valence-corrected chi connectivity index (χ3v) is 5.49. The lowest BCUT2D eigenvalue weighted by Gasteiger charge is -2.07. The van der Waals surface area contributed by atoms with Gasteiger partial charge in [-0.1, -0.05) is 30.3 Å². The number of thioether (sulfide) groups is 1.